The van der Waals surface area contributed by atoms with E-state index in [1.807, 2.05) is 33.7 Å². The first-order valence-electron chi connectivity index (χ1n) is 9.38. The lowest BCUT2D eigenvalue weighted by molar-refractivity contribution is -0.121. The molecule has 9 nitrogen and oxygen atoms in total. The van der Waals surface area contributed by atoms with Crippen molar-refractivity contribution in [3.05, 3.63) is 30.1 Å². The fraction of sp³-hybridized carbons (Fsp3) is 0.444. The van der Waals surface area contributed by atoms with E-state index in [2.05, 4.69) is 25.8 Å². The molecule has 0 bridgehead atoms. The second-order valence-corrected chi connectivity index (χ2v) is 7.16. The fourth-order valence-electron chi connectivity index (χ4n) is 3.70. The van der Waals surface area contributed by atoms with Crippen LogP contribution < -0.4 is 15.5 Å². The Morgan fingerprint density at radius 1 is 1.30 bits per heavy atom. The van der Waals surface area contributed by atoms with Crippen molar-refractivity contribution in [1.29, 1.82) is 0 Å². The monoisotopic (exact) mass is 366 g/mol. The Labute approximate surface area is 156 Å². The fourth-order valence-corrected chi connectivity index (χ4v) is 3.70. The topological polar surface area (TPSA) is 103 Å². The number of hydrogen-bond donors (Lipinski definition) is 3. The molecule has 1 saturated heterocycles. The summed E-state index contributed by atoms with van der Waals surface area (Å²) in [6.07, 6.45) is 6.10. The molecule has 27 heavy (non-hydrogen) atoms. The molecule has 4 heterocycles. The number of nitrogens with one attached hydrogen (secondary N) is 3. The molecule has 0 spiro atoms. The maximum absolute atomic E-state index is 12.2. The van der Waals surface area contributed by atoms with Crippen LogP contribution in [0.5, 0.6) is 0 Å². The van der Waals surface area contributed by atoms with Crippen molar-refractivity contribution in [3.63, 3.8) is 0 Å². The number of H-pyrrole nitrogens is 1. The second-order valence-electron chi connectivity index (χ2n) is 7.16. The van der Waals surface area contributed by atoms with Crippen molar-refractivity contribution in [3.8, 4) is 0 Å². The molecule has 1 amide bonds. The quantitative estimate of drug-likeness (QED) is 0.636. The number of aromatic amines is 1. The molecule has 2 fully saturated rings. The lowest BCUT2D eigenvalue weighted by Gasteiger charge is -2.23. The summed E-state index contributed by atoms with van der Waals surface area (Å²) >= 11 is 0. The minimum atomic E-state index is -0.230. The number of rotatable bonds is 5. The van der Waals surface area contributed by atoms with Gasteiger partial charge in [-0.15, -0.1) is 0 Å². The number of carbonyl (C=O) groups excluding carboxylic acids is 1. The molecular weight excluding hydrogens is 344 g/mol. The Morgan fingerprint density at radius 2 is 2.19 bits per heavy atom. The number of fused-ring (bicyclic) bond motifs is 1. The van der Waals surface area contributed by atoms with Crippen molar-refractivity contribution in [2.24, 2.45) is 0 Å². The van der Waals surface area contributed by atoms with E-state index >= 15 is 0 Å². The summed E-state index contributed by atoms with van der Waals surface area (Å²) in [4.78, 5) is 23.6. The van der Waals surface area contributed by atoms with Gasteiger partial charge in [0.1, 0.15) is 11.7 Å². The molecule has 1 aliphatic heterocycles. The van der Waals surface area contributed by atoms with Crippen LogP contribution in [0.3, 0.4) is 0 Å². The molecular formula is C18H22N8O. The third kappa shape index (κ3) is 2.88. The number of likely N-dealkylation sites (N-methyl/N-ethyl adjacent to an activating group) is 1. The third-order valence-electron chi connectivity index (χ3n) is 5.29. The van der Waals surface area contributed by atoms with Gasteiger partial charge < -0.3 is 15.5 Å². The van der Waals surface area contributed by atoms with Crippen LogP contribution in [0, 0.1) is 0 Å². The second kappa shape index (κ2) is 6.26. The highest BCUT2D eigenvalue weighted by molar-refractivity contribution is 5.85. The van der Waals surface area contributed by atoms with Gasteiger partial charge in [0.25, 0.3) is 0 Å². The zero-order valence-corrected chi connectivity index (χ0v) is 15.1. The van der Waals surface area contributed by atoms with Crippen molar-refractivity contribution < 1.29 is 4.79 Å². The van der Waals surface area contributed by atoms with Crippen LogP contribution in [0.4, 0.5) is 17.7 Å². The van der Waals surface area contributed by atoms with Gasteiger partial charge in [-0.1, -0.05) is 0 Å². The summed E-state index contributed by atoms with van der Waals surface area (Å²) in [5.41, 5.74) is 1.94. The van der Waals surface area contributed by atoms with Crippen LogP contribution in [0.2, 0.25) is 0 Å². The van der Waals surface area contributed by atoms with Crippen LogP contribution in [0.15, 0.2) is 24.4 Å². The van der Waals surface area contributed by atoms with Crippen LogP contribution in [0.1, 0.15) is 37.3 Å². The molecule has 140 valence electrons. The Kier molecular flexibility index (Phi) is 3.73. The van der Waals surface area contributed by atoms with Gasteiger partial charge in [0.2, 0.25) is 17.8 Å². The Bertz CT molecular complexity index is 988. The number of amides is 1. The van der Waals surface area contributed by atoms with Crippen molar-refractivity contribution >= 4 is 29.3 Å². The first kappa shape index (κ1) is 16.1. The summed E-state index contributed by atoms with van der Waals surface area (Å²) in [6.45, 7) is 0.767. The molecule has 1 saturated carbocycles. The molecule has 3 aromatic rings. The number of carbonyl (C=O) groups is 1. The molecule has 2 aliphatic rings. The Balaban J connectivity index is 1.49. The first-order chi connectivity index (χ1) is 13.2. The van der Waals surface area contributed by atoms with Crippen molar-refractivity contribution in [2.75, 3.05) is 23.8 Å². The Morgan fingerprint density at radius 3 is 3.00 bits per heavy atom. The maximum atomic E-state index is 12.2. The minimum Gasteiger partial charge on any atom is -0.357 e. The van der Waals surface area contributed by atoms with Crippen molar-refractivity contribution in [2.45, 2.75) is 37.6 Å². The number of nitrogens with zero attached hydrogens (tertiary/aromatic N) is 5. The summed E-state index contributed by atoms with van der Waals surface area (Å²) in [6, 6.07) is 5.67. The molecule has 1 atom stereocenters. The van der Waals surface area contributed by atoms with Gasteiger partial charge >= 0.3 is 0 Å². The highest BCUT2D eigenvalue weighted by Gasteiger charge is 2.32. The molecule has 3 N–H and O–H groups in total. The molecule has 1 aliphatic carbocycles. The van der Waals surface area contributed by atoms with Gasteiger partial charge in [0, 0.05) is 37.5 Å². The van der Waals surface area contributed by atoms with E-state index in [4.69, 9.17) is 4.98 Å². The lowest BCUT2D eigenvalue weighted by atomic mass is 10.2. The van der Waals surface area contributed by atoms with E-state index in [-0.39, 0.29) is 11.9 Å². The van der Waals surface area contributed by atoms with E-state index in [1.165, 1.54) is 12.8 Å². The summed E-state index contributed by atoms with van der Waals surface area (Å²) in [5.74, 6) is 2.55. The number of anilines is 3. The summed E-state index contributed by atoms with van der Waals surface area (Å²) in [5, 5.41) is 13.5. The van der Waals surface area contributed by atoms with Crippen LogP contribution in [-0.2, 0) is 4.79 Å². The first-order valence-corrected chi connectivity index (χ1v) is 9.38. The molecule has 0 aromatic carbocycles. The van der Waals surface area contributed by atoms with E-state index in [0.29, 0.717) is 17.8 Å². The van der Waals surface area contributed by atoms with E-state index in [1.54, 1.807) is 7.05 Å². The van der Waals surface area contributed by atoms with Gasteiger partial charge in [0.15, 0.2) is 5.82 Å². The summed E-state index contributed by atoms with van der Waals surface area (Å²) in [7, 11) is 1.66. The maximum Gasteiger partial charge on any atom is 0.242 e. The normalized spacial score (nSPS) is 19.6. The van der Waals surface area contributed by atoms with Gasteiger partial charge in [-0.25, -0.2) is 0 Å². The molecule has 9 heteroatoms. The van der Waals surface area contributed by atoms with E-state index in [9.17, 15) is 4.79 Å². The average Bonchev–Trinajstić information content (AvgIpc) is 3.09. The predicted octanol–water partition coefficient (Wildman–Crippen LogP) is 1.79. The Hall–Kier alpha value is -3.10. The standard InChI is InChI=1S/C18H22N8O/c1-19-16(27)13-4-2-8-25(13)18-21-15-5-3-9-26(15)17(22-18)20-14-10-12(23-24-14)11-6-7-11/h3,5,9-11,13H,2,4,6-8H2,1H3,(H,19,27)(H2,20,21,22,23,24)/t13-/m0/s1. The van der Waals surface area contributed by atoms with Gasteiger partial charge in [-0.2, -0.15) is 15.1 Å². The smallest absolute Gasteiger partial charge is 0.242 e. The zero-order chi connectivity index (χ0) is 18.4. The van der Waals surface area contributed by atoms with Gasteiger partial charge in [-0.3, -0.25) is 14.3 Å². The van der Waals surface area contributed by atoms with Gasteiger partial charge in [-0.05, 0) is 37.8 Å². The SMILES string of the molecule is CNC(=O)[C@@H]1CCCN1c1nc(Nc2cc(C3CC3)[nH]n2)n2cccc2n1. The highest BCUT2D eigenvalue weighted by Crippen LogP contribution is 2.39. The molecule has 5 rings (SSSR count). The highest BCUT2D eigenvalue weighted by atomic mass is 16.2. The zero-order valence-electron chi connectivity index (χ0n) is 15.1. The van der Waals surface area contributed by atoms with E-state index in [0.717, 1.165) is 36.5 Å². The van der Waals surface area contributed by atoms with Gasteiger partial charge in [0.05, 0.1) is 0 Å². The van der Waals surface area contributed by atoms with Crippen LogP contribution >= 0.6 is 0 Å². The number of aromatic nitrogens is 5. The average molecular weight is 366 g/mol. The van der Waals surface area contributed by atoms with Crippen LogP contribution in [-0.4, -0.2) is 50.1 Å². The molecule has 3 aromatic heterocycles. The molecule has 0 radical (unpaired) electrons. The predicted molar refractivity (Wildman–Crippen MR) is 101 cm³/mol. The number of hydrogen-bond acceptors (Lipinski definition) is 6. The minimum absolute atomic E-state index is 0.00208. The third-order valence-corrected chi connectivity index (χ3v) is 5.29. The molecule has 0 unspecified atom stereocenters. The lowest BCUT2D eigenvalue weighted by Crippen LogP contribution is -2.42. The van der Waals surface area contributed by atoms with E-state index < -0.39 is 0 Å². The summed E-state index contributed by atoms with van der Waals surface area (Å²) < 4.78 is 1.89. The van der Waals surface area contributed by atoms with Crippen molar-refractivity contribution in [1.82, 2.24) is 29.9 Å². The largest absolute Gasteiger partial charge is 0.357 e. The van der Waals surface area contributed by atoms with Crippen LogP contribution in [0.25, 0.3) is 5.65 Å².